The van der Waals surface area contributed by atoms with Gasteiger partial charge in [-0.25, -0.2) is 0 Å². The van der Waals surface area contributed by atoms with Gasteiger partial charge in [0.15, 0.2) is 0 Å². The summed E-state index contributed by atoms with van der Waals surface area (Å²) in [5.74, 6) is 0. The molecule has 0 saturated heterocycles. The van der Waals surface area contributed by atoms with Gasteiger partial charge in [0.05, 0.1) is 0 Å². The van der Waals surface area contributed by atoms with E-state index in [1.807, 2.05) is 0 Å². The van der Waals surface area contributed by atoms with Crippen LogP contribution in [0.25, 0.3) is 0 Å². The maximum atomic E-state index is 2.23. The Kier molecular flexibility index (Phi) is 8.31. The minimum absolute atomic E-state index is 1.34. The molecule has 0 saturated carbocycles. The molecule has 80 valence electrons. The molecule has 0 aliphatic heterocycles. The molecule has 0 heteroatoms. The molecule has 0 fully saturated rings. The second kappa shape index (κ2) is 8.80. The highest BCUT2D eigenvalue weighted by Crippen LogP contribution is 2.00. The predicted octanol–water partition coefficient (Wildman–Crippen LogP) is 4.89. The van der Waals surface area contributed by atoms with Crippen LogP contribution < -0.4 is 0 Å². The molecule has 1 rings (SSSR count). The summed E-state index contributed by atoms with van der Waals surface area (Å²) in [6.45, 7) is 8.67. The number of unbranched alkanes of at least 4 members (excludes halogenated alkanes) is 3. The third-order valence-electron chi connectivity index (χ3n) is 2.13. The number of hydrogen-bond acceptors (Lipinski definition) is 0. The number of benzene rings is 1. The van der Waals surface area contributed by atoms with Gasteiger partial charge < -0.3 is 0 Å². The highest BCUT2D eigenvalue weighted by atomic mass is 13.9. The highest BCUT2D eigenvalue weighted by Gasteiger charge is 1.80. The van der Waals surface area contributed by atoms with Crippen molar-refractivity contribution in [2.45, 2.75) is 53.4 Å². The van der Waals surface area contributed by atoms with E-state index < -0.39 is 0 Å². The van der Waals surface area contributed by atoms with Gasteiger partial charge in [-0.2, -0.15) is 0 Å². The van der Waals surface area contributed by atoms with Crippen molar-refractivity contribution in [3.63, 3.8) is 0 Å². The van der Waals surface area contributed by atoms with Crippen molar-refractivity contribution >= 4 is 0 Å². The Hall–Kier alpha value is -0.780. The van der Waals surface area contributed by atoms with Crippen LogP contribution in [0.2, 0.25) is 0 Å². The summed E-state index contributed by atoms with van der Waals surface area (Å²) in [6, 6.07) is 8.45. The molecule has 0 N–H and O–H groups in total. The second-order valence-corrected chi connectivity index (χ2v) is 3.87. The smallest absolute Gasteiger partial charge is 0.0398 e. The first-order valence-electron chi connectivity index (χ1n) is 5.74. The Balaban J connectivity index is 0.000000255. The zero-order valence-electron chi connectivity index (χ0n) is 10.1. The van der Waals surface area contributed by atoms with E-state index in [1.54, 1.807) is 0 Å². The van der Waals surface area contributed by atoms with Crippen LogP contribution in [0.3, 0.4) is 0 Å². The molecule has 0 bridgehead atoms. The molecule has 0 amide bonds. The fourth-order valence-corrected chi connectivity index (χ4v) is 1.31. The largest absolute Gasteiger partial charge is 0.0654 e. The SMILES string of the molecule is CCCCCC.Cc1cccc(C)c1. The van der Waals surface area contributed by atoms with Crippen LogP contribution in [0.15, 0.2) is 24.3 Å². The Bertz CT molecular complexity index is 204. The summed E-state index contributed by atoms with van der Waals surface area (Å²) in [7, 11) is 0. The number of hydrogen-bond donors (Lipinski definition) is 0. The predicted molar refractivity (Wildman–Crippen MR) is 65.7 cm³/mol. The van der Waals surface area contributed by atoms with E-state index in [4.69, 9.17) is 0 Å². The molecular weight excluding hydrogens is 168 g/mol. The lowest BCUT2D eigenvalue weighted by molar-refractivity contribution is 0.702. The maximum absolute atomic E-state index is 2.23. The summed E-state index contributed by atoms with van der Waals surface area (Å²) >= 11 is 0. The van der Waals surface area contributed by atoms with E-state index >= 15 is 0 Å². The Morgan fingerprint density at radius 3 is 1.50 bits per heavy atom. The highest BCUT2D eigenvalue weighted by molar-refractivity contribution is 5.20. The third kappa shape index (κ3) is 7.85. The van der Waals surface area contributed by atoms with E-state index in [0.717, 1.165) is 0 Å². The molecule has 0 nitrogen and oxygen atoms in total. The molecule has 0 atom stereocenters. The molecule has 0 spiro atoms. The number of rotatable bonds is 3. The standard InChI is InChI=1S/C8H10.C6H14/c1-7-4-3-5-8(2)6-7;1-3-5-6-4-2/h3-6H,1-2H3;3-6H2,1-2H3. The monoisotopic (exact) mass is 192 g/mol. The summed E-state index contributed by atoms with van der Waals surface area (Å²) in [5.41, 5.74) is 2.68. The molecule has 0 aliphatic rings. The molecule has 1 aromatic rings. The van der Waals surface area contributed by atoms with Crippen LogP contribution in [0.5, 0.6) is 0 Å². The molecule has 0 aromatic heterocycles. The second-order valence-electron chi connectivity index (χ2n) is 3.87. The van der Waals surface area contributed by atoms with Crippen molar-refractivity contribution in [2.24, 2.45) is 0 Å². The van der Waals surface area contributed by atoms with Gasteiger partial charge in [0.2, 0.25) is 0 Å². The molecule has 0 aliphatic carbocycles. The summed E-state index contributed by atoms with van der Waals surface area (Å²) in [5, 5.41) is 0. The molecule has 14 heavy (non-hydrogen) atoms. The average molecular weight is 192 g/mol. The van der Waals surface area contributed by atoms with Crippen molar-refractivity contribution in [2.75, 3.05) is 0 Å². The summed E-state index contributed by atoms with van der Waals surface area (Å²) < 4.78 is 0. The third-order valence-corrected chi connectivity index (χ3v) is 2.13. The molecule has 0 unspecified atom stereocenters. The van der Waals surface area contributed by atoms with Crippen LogP contribution in [-0.4, -0.2) is 0 Å². The van der Waals surface area contributed by atoms with Gasteiger partial charge in [-0.1, -0.05) is 74.9 Å². The fourth-order valence-electron chi connectivity index (χ4n) is 1.31. The zero-order chi connectivity index (χ0) is 10.8. The first-order valence-corrected chi connectivity index (χ1v) is 5.74. The van der Waals surface area contributed by atoms with Gasteiger partial charge >= 0.3 is 0 Å². The van der Waals surface area contributed by atoms with Gasteiger partial charge in [-0.15, -0.1) is 0 Å². The van der Waals surface area contributed by atoms with E-state index in [1.165, 1.54) is 36.8 Å². The molecule has 0 radical (unpaired) electrons. The van der Waals surface area contributed by atoms with Gasteiger partial charge in [0, 0.05) is 0 Å². The van der Waals surface area contributed by atoms with E-state index in [-0.39, 0.29) is 0 Å². The van der Waals surface area contributed by atoms with E-state index in [2.05, 4.69) is 52.0 Å². The van der Waals surface area contributed by atoms with Crippen LogP contribution in [0.1, 0.15) is 50.7 Å². The fraction of sp³-hybridized carbons (Fsp3) is 0.571. The normalized spacial score (nSPS) is 9.14. The lowest BCUT2D eigenvalue weighted by atomic mass is 10.2. The first-order chi connectivity index (χ1) is 6.70. The van der Waals surface area contributed by atoms with Gasteiger partial charge in [-0.05, 0) is 13.8 Å². The topological polar surface area (TPSA) is 0 Å². The Morgan fingerprint density at radius 1 is 0.857 bits per heavy atom. The summed E-state index contributed by atoms with van der Waals surface area (Å²) in [6.07, 6.45) is 5.54. The van der Waals surface area contributed by atoms with E-state index in [9.17, 15) is 0 Å². The van der Waals surface area contributed by atoms with Crippen LogP contribution in [0.4, 0.5) is 0 Å². The van der Waals surface area contributed by atoms with Crippen LogP contribution >= 0.6 is 0 Å². The summed E-state index contributed by atoms with van der Waals surface area (Å²) in [4.78, 5) is 0. The maximum Gasteiger partial charge on any atom is -0.0398 e. The minimum atomic E-state index is 1.34. The molecular formula is C14H24. The van der Waals surface area contributed by atoms with Crippen LogP contribution in [-0.2, 0) is 0 Å². The first kappa shape index (κ1) is 13.2. The van der Waals surface area contributed by atoms with Gasteiger partial charge in [0.25, 0.3) is 0 Å². The minimum Gasteiger partial charge on any atom is -0.0654 e. The average Bonchev–Trinajstić information content (AvgIpc) is 2.15. The van der Waals surface area contributed by atoms with Gasteiger partial charge in [0.1, 0.15) is 0 Å². The van der Waals surface area contributed by atoms with Crippen molar-refractivity contribution < 1.29 is 0 Å². The van der Waals surface area contributed by atoms with Gasteiger partial charge in [-0.3, -0.25) is 0 Å². The Morgan fingerprint density at radius 2 is 1.29 bits per heavy atom. The van der Waals surface area contributed by atoms with Crippen molar-refractivity contribution in [1.29, 1.82) is 0 Å². The van der Waals surface area contributed by atoms with Crippen molar-refractivity contribution in [1.82, 2.24) is 0 Å². The van der Waals surface area contributed by atoms with Crippen LogP contribution in [0, 0.1) is 13.8 Å². The lowest BCUT2D eigenvalue weighted by Gasteiger charge is -1.90. The number of aryl methyl sites for hydroxylation is 2. The van der Waals surface area contributed by atoms with E-state index in [0.29, 0.717) is 0 Å². The molecule has 0 heterocycles. The van der Waals surface area contributed by atoms with Crippen molar-refractivity contribution in [3.8, 4) is 0 Å². The Labute approximate surface area is 89.4 Å². The quantitative estimate of drug-likeness (QED) is 0.598. The zero-order valence-corrected chi connectivity index (χ0v) is 10.1. The lowest BCUT2D eigenvalue weighted by Crippen LogP contribution is -1.71. The van der Waals surface area contributed by atoms with Crippen molar-refractivity contribution in [3.05, 3.63) is 35.4 Å². The molecule has 1 aromatic carbocycles.